The molecule has 112 valence electrons. The van der Waals surface area contributed by atoms with Gasteiger partial charge in [-0.15, -0.1) is 0 Å². The topological polar surface area (TPSA) is 38.1 Å². The molecule has 0 aromatic carbocycles. The first-order valence-electron chi connectivity index (χ1n) is 6.52. The van der Waals surface area contributed by atoms with Crippen LogP contribution in [0.5, 0.6) is 0 Å². The fourth-order valence-electron chi connectivity index (χ4n) is 2.06. The van der Waals surface area contributed by atoms with Crippen LogP contribution in [0, 0.1) is 5.41 Å². The van der Waals surface area contributed by atoms with E-state index in [0.717, 1.165) is 17.2 Å². The second-order valence-electron chi connectivity index (χ2n) is 6.24. The fourth-order valence-corrected chi connectivity index (χ4v) is 2.06. The first kappa shape index (κ1) is 14.9. The number of carbonyl (C=O) groups is 1. The van der Waals surface area contributed by atoms with Crippen LogP contribution in [0.2, 0.25) is 0 Å². The summed E-state index contributed by atoms with van der Waals surface area (Å²) in [7, 11) is 0. The van der Waals surface area contributed by atoms with Gasteiger partial charge in [0.1, 0.15) is 5.69 Å². The maximum atomic E-state index is 12.6. The van der Waals surface area contributed by atoms with Gasteiger partial charge in [-0.3, -0.25) is 9.48 Å². The minimum absolute atomic E-state index is 0.0254. The molecule has 0 atom stereocenters. The Bertz CT molecular complexity index is 514. The van der Waals surface area contributed by atoms with Gasteiger partial charge in [0.05, 0.1) is 6.54 Å². The Morgan fingerprint density at radius 2 is 1.90 bits per heavy atom. The van der Waals surface area contributed by atoms with E-state index in [2.05, 4.69) is 25.9 Å². The van der Waals surface area contributed by atoms with Crippen molar-refractivity contribution in [3.8, 4) is 0 Å². The van der Waals surface area contributed by atoms with Crippen LogP contribution in [0.3, 0.4) is 0 Å². The molecule has 0 fully saturated rings. The Morgan fingerprint density at radius 3 is 2.45 bits per heavy atom. The van der Waals surface area contributed by atoms with Crippen molar-refractivity contribution in [1.29, 1.82) is 0 Å². The third kappa shape index (κ3) is 3.13. The Hall–Kier alpha value is -1.53. The zero-order chi connectivity index (χ0) is 15.1. The summed E-state index contributed by atoms with van der Waals surface area (Å²) >= 11 is 0. The number of alkyl halides is 3. The Balaban J connectivity index is 2.15. The minimum Gasteiger partial charge on any atom is -0.335 e. The molecule has 20 heavy (non-hydrogen) atoms. The molecule has 2 heterocycles. The predicted molar refractivity (Wildman–Crippen MR) is 67.2 cm³/mol. The summed E-state index contributed by atoms with van der Waals surface area (Å²) in [4.78, 5) is 13.8. The molecule has 0 unspecified atom stereocenters. The zero-order valence-corrected chi connectivity index (χ0v) is 11.8. The summed E-state index contributed by atoms with van der Waals surface area (Å²) in [5.41, 5.74) is -0.897. The van der Waals surface area contributed by atoms with Gasteiger partial charge in [-0.1, -0.05) is 20.8 Å². The molecule has 0 saturated carbocycles. The molecule has 1 amide bonds. The highest BCUT2D eigenvalue weighted by Crippen LogP contribution is 2.30. The molecule has 0 aliphatic carbocycles. The maximum absolute atomic E-state index is 12.6. The second-order valence-corrected chi connectivity index (χ2v) is 6.24. The molecule has 0 spiro atoms. The standard InChI is InChI=1S/C13H18F3N3O/c1-12(2,3)4-5-18-6-7-19-9(11(18)20)8-10(17-19)13(14,15)16/h8H,4-7H2,1-3H3. The maximum Gasteiger partial charge on any atom is 0.435 e. The lowest BCUT2D eigenvalue weighted by Crippen LogP contribution is -2.41. The van der Waals surface area contributed by atoms with Gasteiger partial charge in [0.15, 0.2) is 5.69 Å². The van der Waals surface area contributed by atoms with Gasteiger partial charge in [-0.05, 0) is 11.8 Å². The molecular formula is C13H18F3N3O. The third-order valence-electron chi connectivity index (χ3n) is 3.29. The van der Waals surface area contributed by atoms with E-state index in [9.17, 15) is 18.0 Å². The monoisotopic (exact) mass is 289 g/mol. The largest absolute Gasteiger partial charge is 0.435 e. The highest BCUT2D eigenvalue weighted by Gasteiger charge is 2.37. The molecule has 7 heteroatoms. The lowest BCUT2D eigenvalue weighted by atomic mass is 9.92. The summed E-state index contributed by atoms with van der Waals surface area (Å²) in [6, 6.07) is 0.839. The van der Waals surface area contributed by atoms with Crippen LogP contribution in [0.15, 0.2) is 6.07 Å². The van der Waals surface area contributed by atoms with E-state index in [-0.39, 0.29) is 17.0 Å². The van der Waals surface area contributed by atoms with E-state index in [1.807, 2.05) is 0 Å². The van der Waals surface area contributed by atoms with Crippen LogP contribution in [0.25, 0.3) is 0 Å². The first-order valence-corrected chi connectivity index (χ1v) is 6.52. The smallest absolute Gasteiger partial charge is 0.335 e. The van der Waals surface area contributed by atoms with Gasteiger partial charge >= 0.3 is 6.18 Å². The fraction of sp³-hybridized carbons (Fsp3) is 0.692. The number of aromatic nitrogens is 2. The number of hydrogen-bond donors (Lipinski definition) is 0. The van der Waals surface area contributed by atoms with E-state index >= 15 is 0 Å². The molecule has 1 aromatic rings. The van der Waals surface area contributed by atoms with Crippen LogP contribution in [0.4, 0.5) is 13.2 Å². The van der Waals surface area contributed by atoms with Crippen molar-refractivity contribution in [3.05, 3.63) is 17.5 Å². The lowest BCUT2D eigenvalue weighted by Gasteiger charge is -2.30. The van der Waals surface area contributed by atoms with Crippen molar-refractivity contribution in [1.82, 2.24) is 14.7 Å². The van der Waals surface area contributed by atoms with Crippen LogP contribution in [0.1, 0.15) is 43.4 Å². The Labute approximate surface area is 115 Å². The van der Waals surface area contributed by atoms with E-state index in [1.165, 1.54) is 0 Å². The molecule has 0 radical (unpaired) electrons. The Morgan fingerprint density at radius 1 is 1.25 bits per heavy atom. The van der Waals surface area contributed by atoms with Gasteiger partial charge in [0.25, 0.3) is 5.91 Å². The summed E-state index contributed by atoms with van der Waals surface area (Å²) < 4.78 is 39.0. The number of carbonyl (C=O) groups excluding carboxylic acids is 1. The van der Waals surface area contributed by atoms with Crippen LogP contribution < -0.4 is 0 Å². The van der Waals surface area contributed by atoms with Crippen LogP contribution >= 0.6 is 0 Å². The van der Waals surface area contributed by atoms with E-state index in [1.54, 1.807) is 4.90 Å². The number of hydrogen-bond acceptors (Lipinski definition) is 2. The van der Waals surface area contributed by atoms with Gasteiger partial charge in [-0.25, -0.2) is 0 Å². The van der Waals surface area contributed by atoms with Gasteiger partial charge in [0.2, 0.25) is 0 Å². The number of halogens is 3. The average molecular weight is 289 g/mol. The third-order valence-corrected chi connectivity index (χ3v) is 3.29. The van der Waals surface area contributed by atoms with E-state index in [4.69, 9.17) is 0 Å². The molecule has 4 nitrogen and oxygen atoms in total. The average Bonchev–Trinajstić information content (AvgIpc) is 2.71. The van der Waals surface area contributed by atoms with Gasteiger partial charge < -0.3 is 4.90 Å². The van der Waals surface area contributed by atoms with Gasteiger partial charge in [-0.2, -0.15) is 18.3 Å². The lowest BCUT2D eigenvalue weighted by molar-refractivity contribution is -0.141. The minimum atomic E-state index is -4.51. The summed E-state index contributed by atoms with van der Waals surface area (Å²) in [6.07, 6.45) is -3.71. The van der Waals surface area contributed by atoms with Crippen molar-refractivity contribution < 1.29 is 18.0 Å². The molecular weight excluding hydrogens is 271 g/mol. The van der Waals surface area contributed by atoms with Gasteiger partial charge in [0, 0.05) is 19.2 Å². The van der Waals surface area contributed by atoms with Crippen molar-refractivity contribution in [3.63, 3.8) is 0 Å². The molecule has 2 rings (SSSR count). The summed E-state index contributed by atoms with van der Waals surface area (Å²) in [6.45, 7) is 7.45. The van der Waals surface area contributed by atoms with Crippen molar-refractivity contribution in [2.75, 3.05) is 13.1 Å². The zero-order valence-electron chi connectivity index (χ0n) is 11.8. The van der Waals surface area contributed by atoms with Crippen LogP contribution in [-0.2, 0) is 12.7 Å². The first-order chi connectivity index (χ1) is 9.08. The second kappa shape index (κ2) is 4.79. The Kier molecular flexibility index (Phi) is 3.56. The molecule has 0 bridgehead atoms. The predicted octanol–water partition coefficient (Wildman–Crippen LogP) is 2.79. The van der Waals surface area contributed by atoms with Crippen molar-refractivity contribution >= 4 is 5.91 Å². The molecule has 1 aliphatic rings. The highest BCUT2D eigenvalue weighted by atomic mass is 19.4. The molecule has 0 saturated heterocycles. The SMILES string of the molecule is CC(C)(C)CCN1CCn2nc(C(F)(F)F)cc2C1=O. The number of rotatable bonds is 2. The number of fused-ring (bicyclic) bond motifs is 1. The highest BCUT2D eigenvalue weighted by molar-refractivity contribution is 5.93. The quantitative estimate of drug-likeness (QED) is 0.839. The van der Waals surface area contributed by atoms with Crippen molar-refractivity contribution in [2.45, 2.75) is 39.9 Å². The molecule has 0 N–H and O–H groups in total. The van der Waals surface area contributed by atoms with Crippen LogP contribution in [-0.4, -0.2) is 33.7 Å². The molecule has 1 aromatic heterocycles. The van der Waals surface area contributed by atoms with Crippen molar-refractivity contribution in [2.24, 2.45) is 5.41 Å². The molecule has 1 aliphatic heterocycles. The normalized spacial score (nSPS) is 16.5. The number of nitrogens with zero attached hydrogens (tertiary/aromatic N) is 3. The van der Waals surface area contributed by atoms with E-state index < -0.39 is 11.9 Å². The summed E-state index contributed by atoms with van der Waals surface area (Å²) in [5, 5.41) is 3.46. The van der Waals surface area contributed by atoms with E-state index in [0.29, 0.717) is 19.6 Å². The summed E-state index contributed by atoms with van der Waals surface area (Å²) in [5.74, 6) is -0.372. The number of amides is 1.